The van der Waals surface area contributed by atoms with E-state index in [0.29, 0.717) is 24.1 Å². The van der Waals surface area contributed by atoms with E-state index in [0.717, 1.165) is 24.9 Å². The Bertz CT molecular complexity index is 837. The third-order valence-corrected chi connectivity index (χ3v) is 7.32. The van der Waals surface area contributed by atoms with Crippen LogP contribution in [0.15, 0.2) is 29.8 Å². The number of phenols is 1. The fourth-order valence-corrected chi connectivity index (χ4v) is 6.05. The van der Waals surface area contributed by atoms with Gasteiger partial charge in [0.1, 0.15) is 11.2 Å². The van der Waals surface area contributed by atoms with Crippen molar-refractivity contribution in [3.63, 3.8) is 0 Å². The molecule has 1 aromatic rings. The highest BCUT2D eigenvalue weighted by Crippen LogP contribution is 2.57. The van der Waals surface area contributed by atoms with Gasteiger partial charge in [0.05, 0.1) is 25.5 Å². The van der Waals surface area contributed by atoms with Crippen LogP contribution in [0.4, 0.5) is 5.69 Å². The van der Waals surface area contributed by atoms with Crippen molar-refractivity contribution in [2.24, 2.45) is 11.8 Å². The predicted octanol–water partition coefficient (Wildman–Crippen LogP) is 2.22. The van der Waals surface area contributed by atoms with Crippen LogP contribution in [-0.4, -0.2) is 55.4 Å². The number of ether oxygens (including phenoxy) is 1. The zero-order chi connectivity index (χ0) is 18.9. The highest BCUT2D eigenvalue weighted by atomic mass is 16.7. The zero-order valence-corrected chi connectivity index (χ0v) is 16.0. The number of hydrogen-bond acceptors (Lipinski definition) is 5. The third-order valence-electron chi connectivity index (χ3n) is 7.32. The maximum atomic E-state index is 13.7. The number of carbonyl (C=O) groups is 1. The molecule has 5 aliphatic rings. The summed E-state index contributed by atoms with van der Waals surface area (Å²) in [5.74, 6) is 0.945. The second-order valence-electron chi connectivity index (χ2n) is 8.33. The molecule has 1 N–H and O–H groups in total. The SMILES string of the molecule is C/C=C1\CN(C)[C@@H]2C[C@@]3(C(=O)N(OC)c4cc(O)ccc43)[C@@H]3C[C@@H]1[C@H]2CO3. The number of phenolic OH excluding ortho intramolecular Hbond substituents is 1. The number of likely N-dealkylation sites (N-methyl/N-ethyl adjacent to an activating group) is 1. The van der Waals surface area contributed by atoms with Crippen LogP contribution in [0, 0.1) is 11.8 Å². The summed E-state index contributed by atoms with van der Waals surface area (Å²) >= 11 is 0. The average Bonchev–Trinajstić information content (AvgIpc) is 2.78. The highest BCUT2D eigenvalue weighted by Gasteiger charge is 2.64. The van der Waals surface area contributed by atoms with Crippen LogP contribution in [0.2, 0.25) is 0 Å². The Balaban J connectivity index is 1.70. The summed E-state index contributed by atoms with van der Waals surface area (Å²) in [5, 5.41) is 11.3. The molecule has 0 unspecified atom stereocenters. The monoisotopic (exact) mass is 370 g/mol. The summed E-state index contributed by atoms with van der Waals surface area (Å²) in [7, 11) is 3.66. The summed E-state index contributed by atoms with van der Waals surface area (Å²) in [6, 6.07) is 5.45. The molecule has 4 bridgehead atoms. The van der Waals surface area contributed by atoms with Gasteiger partial charge in [-0.1, -0.05) is 17.7 Å². The van der Waals surface area contributed by atoms with E-state index in [9.17, 15) is 9.90 Å². The Morgan fingerprint density at radius 3 is 2.96 bits per heavy atom. The minimum absolute atomic E-state index is 0.0702. The molecule has 6 rings (SSSR count). The highest BCUT2D eigenvalue weighted by molar-refractivity contribution is 6.07. The Morgan fingerprint density at radius 2 is 2.22 bits per heavy atom. The number of fused-ring (bicyclic) bond motifs is 2. The molecule has 6 nitrogen and oxygen atoms in total. The van der Waals surface area contributed by atoms with Crippen molar-refractivity contribution in [3.8, 4) is 5.75 Å². The number of aromatic hydroxyl groups is 1. The maximum absolute atomic E-state index is 13.7. The van der Waals surface area contributed by atoms with Gasteiger partial charge in [0.25, 0.3) is 5.91 Å². The smallest absolute Gasteiger partial charge is 0.264 e. The van der Waals surface area contributed by atoms with Gasteiger partial charge in [0.2, 0.25) is 0 Å². The van der Waals surface area contributed by atoms with Crippen molar-refractivity contribution in [3.05, 3.63) is 35.4 Å². The van der Waals surface area contributed by atoms with E-state index in [4.69, 9.17) is 9.57 Å². The Labute approximate surface area is 159 Å². The number of rotatable bonds is 1. The van der Waals surface area contributed by atoms with Gasteiger partial charge in [-0.15, -0.1) is 0 Å². The number of allylic oxidation sites excluding steroid dienone is 1. The molecule has 4 heterocycles. The molecule has 1 amide bonds. The Kier molecular flexibility index (Phi) is 3.70. The van der Waals surface area contributed by atoms with E-state index in [2.05, 4.69) is 24.9 Å². The number of nitrogens with zero attached hydrogens (tertiary/aromatic N) is 2. The molecule has 1 aliphatic carbocycles. The van der Waals surface area contributed by atoms with Crippen molar-refractivity contribution in [2.45, 2.75) is 37.3 Å². The Hall–Kier alpha value is -1.89. The lowest BCUT2D eigenvalue weighted by molar-refractivity contribution is -0.137. The Morgan fingerprint density at radius 1 is 1.41 bits per heavy atom. The molecule has 6 heteroatoms. The first-order chi connectivity index (χ1) is 13.0. The topological polar surface area (TPSA) is 62.2 Å². The van der Waals surface area contributed by atoms with Gasteiger partial charge in [0.15, 0.2) is 0 Å². The summed E-state index contributed by atoms with van der Waals surface area (Å²) in [5.41, 5.74) is 2.26. The number of piperidine rings is 1. The molecule has 0 radical (unpaired) electrons. The molecule has 1 saturated carbocycles. The van der Waals surface area contributed by atoms with Crippen LogP contribution < -0.4 is 5.06 Å². The summed E-state index contributed by atoms with van der Waals surface area (Å²) in [6.45, 7) is 3.76. The summed E-state index contributed by atoms with van der Waals surface area (Å²) < 4.78 is 6.35. The maximum Gasteiger partial charge on any atom is 0.264 e. The first-order valence-electron chi connectivity index (χ1n) is 9.70. The summed E-state index contributed by atoms with van der Waals surface area (Å²) in [6.07, 6.45) is 3.65. The van der Waals surface area contributed by atoms with Gasteiger partial charge in [-0.3, -0.25) is 14.5 Å². The number of hydrogen-bond donors (Lipinski definition) is 1. The quantitative estimate of drug-likeness (QED) is 0.768. The van der Waals surface area contributed by atoms with Gasteiger partial charge in [-0.05, 0) is 44.4 Å². The molecule has 4 fully saturated rings. The minimum Gasteiger partial charge on any atom is -0.508 e. The van der Waals surface area contributed by atoms with Crippen molar-refractivity contribution >= 4 is 11.6 Å². The van der Waals surface area contributed by atoms with E-state index in [-0.39, 0.29) is 23.8 Å². The molecule has 0 aromatic heterocycles. The van der Waals surface area contributed by atoms with E-state index < -0.39 is 5.41 Å². The molecule has 144 valence electrons. The first-order valence-corrected chi connectivity index (χ1v) is 9.70. The fourth-order valence-electron chi connectivity index (χ4n) is 6.05. The van der Waals surface area contributed by atoms with E-state index >= 15 is 0 Å². The van der Waals surface area contributed by atoms with Crippen molar-refractivity contribution in [1.29, 1.82) is 0 Å². The van der Waals surface area contributed by atoms with Crippen molar-refractivity contribution in [2.75, 3.05) is 32.4 Å². The number of anilines is 1. The van der Waals surface area contributed by atoms with E-state index in [1.807, 2.05) is 6.07 Å². The first kappa shape index (κ1) is 17.2. The van der Waals surface area contributed by atoms with Crippen LogP contribution in [0.5, 0.6) is 5.75 Å². The van der Waals surface area contributed by atoms with E-state index in [1.165, 1.54) is 17.7 Å². The summed E-state index contributed by atoms with van der Waals surface area (Å²) in [4.78, 5) is 21.5. The number of amides is 1. The zero-order valence-electron chi connectivity index (χ0n) is 16.0. The van der Waals surface area contributed by atoms with Crippen LogP contribution in [-0.2, 0) is 19.8 Å². The van der Waals surface area contributed by atoms with Gasteiger partial charge in [-0.2, -0.15) is 5.06 Å². The second-order valence-corrected chi connectivity index (χ2v) is 8.33. The van der Waals surface area contributed by atoms with Crippen molar-refractivity contribution in [1.82, 2.24) is 4.90 Å². The standard InChI is InChI=1S/C21H26N2O4/c1-4-12-10-22(2)18-9-21(19-8-14(12)15(18)11-27-19)16-6-5-13(24)7-17(16)23(26-3)20(21)25/h4-7,14-15,18-19,24H,8-11H2,1-3H3/b12-4+/t14-,15+,18+,19-,21-/m0/s1. The lowest BCUT2D eigenvalue weighted by Gasteiger charge is -2.46. The molecule has 4 aliphatic heterocycles. The van der Waals surface area contributed by atoms with Gasteiger partial charge < -0.3 is 9.84 Å². The lowest BCUT2D eigenvalue weighted by atomic mass is 9.72. The predicted molar refractivity (Wildman–Crippen MR) is 100 cm³/mol. The normalized spacial score (nSPS) is 39.3. The van der Waals surface area contributed by atoms with Crippen LogP contribution >= 0.6 is 0 Å². The van der Waals surface area contributed by atoms with Gasteiger partial charge >= 0.3 is 0 Å². The average molecular weight is 370 g/mol. The molecule has 27 heavy (non-hydrogen) atoms. The number of carbonyl (C=O) groups excluding carboxylic acids is 1. The molecule has 5 atom stereocenters. The molecule has 1 spiro atoms. The van der Waals surface area contributed by atoms with Crippen LogP contribution in [0.3, 0.4) is 0 Å². The van der Waals surface area contributed by atoms with E-state index in [1.54, 1.807) is 12.1 Å². The van der Waals surface area contributed by atoms with Crippen LogP contribution in [0.1, 0.15) is 25.3 Å². The molecule has 1 aromatic carbocycles. The largest absolute Gasteiger partial charge is 0.508 e. The lowest BCUT2D eigenvalue weighted by Crippen LogP contribution is -2.50. The minimum atomic E-state index is -0.759. The number of benzene rings is 1. The fraction of sp³-hybridized carbons (Fsp3) is 0.571. The molecule has 3 saturated heterocycles. The van der Waals surface area contributed by atoms with Gasteiger partial charge in [-0.25, -0.2) is 0 Å². The van der Waals surface area contributed by atoms with Crippen molar-refractivity contribution < 1.29 is 19.5 Å². The second kappa shape index (κ2) is 5.80. The van der Waals surface area contributed by atoms with Gasteiger partial charge in [0, 0.05) is 24.6 Å². The third kappa shape index (κ3) is 2.09. The van der Waals surface area contributed by atoms with Crippen LogP contribution in [0.25, 0.3) is 0 Å². The molecular weight excluding hydrogens is 344 g/mol. The number of hydroxylamine groups is 1. The molecular formula is C21H26N2O4. The number of likely N-dealkylation sites (tertiary alicyclic amines) is 1.